The van der Waals surface area contributed by atoms with E-state index in [1.807, 2.05) is 43.1 Å². The number of hydrogen-bond acceptors (Lipinski definition) is 4. The number of amides is 1. The number of likely N-dealkylation sites (N-methyl/N-ethyl adjacent to an activating group) is 1. The van der Waals surface area contributed by atoms with E-state index in [9.17, 15) is 4.79 Å². The minimum absolute atomic E-state index is 0.179. The zero-order valence-electron chi connectivity index (χ0n) is 11.9. The number of hydrogen-bond donors (Lipinski definition) is 2. The van der Waals surface area contributed by atoms with E-state index in [2.05, 4.69) is 11.4 Å². The number of anilines is 1. The van der Waals surface area contributed by atoms with Crippen molar-refractivity contribution in [2.75, 3.05) is 25.0 Å². The molecule has 0 bridgehead atoms. The molecule has 1 amide bonds. The molecule has 5 nitrogen and oxygen atoms in total. The number of nitrogens with two attached hydrogens (primary N) is 1. The Bertz CT molecular complexity index is 612. The smallest absolute Gasteiger partial charge is 0.236 e. The summed E-state index contributed by atoms with van der Waals surface area (Å²) in [6.45, 7) is 3.55. The van der Waals surface area contributed by atoms with Gasteiger partial charge in [-0.2, -0.15) is 0 Å². The molecule has 2 aromatic rings. The van der Waals surface area contributed by atoms with Gasteiger partial charge in [-0.25, -0.2) is 4.98 Å². The zero-order chi connectivity index (χ0) is 14.5. The number of aromatic nitrogens is 1. The maximum Gasteiger partial charge on any atom is 0.236 e. The van der Waals surface area contributed by atoms with E-state index in [1.165, 1.54) is 0 Å². The number of benzene rings is 1. The van der Waals surface area contributed by atoms with Crippen molar-refractivity contribution in [3.8, 4) is 0 Å². The van der Waals surface area contributed by atoms with E-state index in [0.29, 0.717) is 13.1 Å². The zero-order valence-corrected chi connectivity index (χ0v) is 11.9. The second-order valence-corrected chi connectivity index (χ2v) is 4.67. The maximum atomic E-state index is 11.2. The Labute approximate surface area is 118 Å². The largest absolute Gasteiger partial charge is 0.368 e. The fraction of sp³-hybridized carbons (Fsp3) is 0.333. The van der Waals surface area contributed by atoms with E-state index in [0.717, 1.165) is 22.3 Å². The molecule has 0 fully saturated rings. The average Bonchev–Trinajstić information content (AvgIpc) is 2.44. The van der Waals surface area contributed by atoms with Gasteiger partial charge < -0.3 is 16.0 Å². The lowest BCUT2D eigenvalue weighted by Crippen LogP contribution is -2.35. The Morgan fingerprint density at radius 2 is 2.15 bits per heavy atom. The quantitative estimate of drug-likeness (QED) is 0.830. The second-order valence-electron chi connectivity index (χ2n) is 4.67. The first-order chi connectivity index (χ1) is 9.65. The van der Waals surface area contributed by atoms with Crippen molar-refractivity contribution in [2.24, 2.45) is 5.73 Å². The highest BCUT2D eigenvalue weighted by atomic mass is 16.1. The highest BCUT2D eigenvalue weighted by Crippen LogP contribution is 2.23. The van der Waals surface area contributed by atoms with Crippen LogP contribution in [0.15, 0.2) is 30.3 Å². The predicted molar refractivity (Wildman–Crippen MR) is 81.6 cm³/mol. The number of fused-ring (bicyclic) bond motifs is 1. The van der Waals surface area contributed by atoms with Crippen LogP contribution in [-0.2, 0) is 11.3 Å². The summed E-state index contributed by atoms with van der Waals surface area (Å²) >= 11 is 0. The second kappa shape index (κ2) is 6.34. The Morgan fingerprint density at radius 1 is 1.40 bits per heavy atom. The number of nitrogens with zero attached hydrogens (tertiary/aromatic N) is 2. The van der Waals surface area contributed by atoms with E-state index >= 15 is 0 Å². The van der Waals surface area contributed by atoms with Crippen molar-refractivity contribution in [1.29, 1.82) is 0 Å². The van der Waals surface area contributed by atoms with Gasteiger partial charge in [-0.1, -0.05) is 18.2 Å². The molecule has 0 unspecified atom stereocenters. The van der Waals surface area contributed by atoms with Gasteiger partial charge in [-0.05, 0) is 26.1 Å². The molecule has 20 heavy (non-hydrogen) atoms. The van der Waals surface area contributed by atoms with Crippen molar-refractivity contribution in [3.05, 3.63) is 35.9 Å². The molecule has 2 rings (SSSR count). The fourth-order valence-corrected chi connectivity index (χ4v) is 2.27. The lowest BCUT2D eigenvalue weighted by Gasteiger charge is -2.23. The van der Waals surface area contributed by atoms with Gasteiger partial charge in [0.15, 0.2) is 0 Å². The van der Waals surface area contributed by atoms with Crippen LogP contribution in [0, 0.1) is 0 Å². The molecule has 1 heterocycles. The minimum Gasteiger partial charge on any atom is -0.368 e. The Hall–Kier alpha value is -2.14. The Kier molecular flexibility index (Phi) is 4.53. The summed E-state index contributed by atoms with van der Waals surface area (Å²) in [6.07, 6.45) is 0. The molecule has 3 N–H and O–H groups in total. The van der Waals surface area contributed by atoms with Gasteiger partial charge in [0.1, 0.15) is 5.82 Å². The van der Waals surface area contributed by atoms with E-state index in [-0.39, 0.29) is 12.5 Å². The van der Waals surface area contributed by atoms with Gasteiger partial charge in [-0.15, -0.1) is 0 Å². The van der Waals surface area contributed by atoms with Gasteiger partial charge in [0, 0.05) is 24.0 Å². The molecule has 0 aliphatic carbocycles. The monoisotopic (exact) mass is 272 g/mol. The Balaban J connectivity index is 2.52. The van der Waals surface area contributed by atoms with Crippen LogP contribution in [0.3, 0.4) is 0 Å². The van der Waals surface area contributed by atoms with Crippen LogP contribution in [0.1, 0.15) is 12.5 Å². The van der Waals surface area contributed by atoms with E-state index in [4.69, 9.17) is 10.7 Å². The average molecular weight is 272 g/mol. The molecule has 0 atom stereocenters. The van der Waals surface area contributed by atoms with Gasteiger partial charge in [0.2, 0.25) is 5.91 Å². The molecule has 106 valence electrons. The highest BCUT2D eigenvalue weighted by Gasteiger charge is 2.14. The first kappa shape index (κ1) is 14.3. The third-order valence-corrected chi connectivity index (χ3v) is 3.18. The lowest BCUT2D eigenvalue weighted by atomic mass is 10.1. The van der Waals surface area contributed by atoms with Crippen LogP contribution in [0.4, 0.5) is 5.82 Å². The van der Waals surface area contributed by atoms with Crippen LogP contribution < -0.4 is 16.0 Å². The van der Waals surface area contributed by atoms with Crippen molar-refractivity contribution < 1.29 is 4.79 Å². The fourth-order valence-electron chi connectivity index (χ4n) is 2.27. The molecule has 0 saturated carbocycles. The summed E-state index contributed by atoms with van der Waals surface area (Å²) in [5.74, 6) is 0.469. The molecule has 1 aromatic heterocycles. The number of primary amides is 1. The minimum atomic E-state index is -0.350. The maximum absolute atomic E-state index is 11.2. The first-order valence-corrected chi connectivity index (χ1v) is 6.72. The number of rotatable bonds is 6. The van der Waals surface area contributed by atoms with Gasteiger partial charge >= 0.3 is 0 Å². The molecule has 0 radical (unpaired) electrons. The SMILES string of the molecule is CCN(CC(N)=O)c1nc2ccccc2cc1CNC. The van der Waals surface area contributed by atoms with Crippen LogP contribution in [0.2, 0.25) is 0 Å². The first-order valence-electron chi connectivity index (χ1n) is 6.72. The van der Waals surface area contributed by atoms with Crippen molar-refractivity contribution in [1.82, 2.24) is 10.3 Å². The van der Waals surface area contributed by atoms with Crippen molar-refractivity contribution in [2.45, 2.75) is 13.5 Å². The summed E-state index contributed by atoms with van der Waals surface area (Å²) in [7, 11) is 1.89. The van der Waals surface area contributed by atoms with Crippen molar-refractivity contribution >= 4 is 22.6 Å². The topological polar surface area (TPSA) is 71.2 Å². The van der Waals surface area contributed by atoms with Crippen LogP contribution in [0.5, 0.6) is 0 Å². The van der Waals surface area contributed by atoms with Gasteiger partial charge in [0.25, 0.3) is 0 Å². The molecule has 0 spiro atoms. The highest BCUT2D eigenvalue weighted by molar-refractivity contribution is 5.84. The normalized spacial score (nSPS) is 10.7. The Morgan fingerprint density at radius 3 is 2.80 bits per heavy atom. The predicted octanol–water partition coefficient (Wildman–Crippen LogP) is 1.27. The number of para-hydroxylation sites is 1. The summed E-state index contributed by atoms with van der Waals surface area (Å²) < 4.78 is 0. The summed E-state index contributed by atoms with van der Waals surface area (Å²) in [5.41, 5.74) is 7.30. The molecular formula is C15H20N4O. The van der Waals surface area contributed by atoms with Gasteiger partial charge in [-0.3, -0.25) is 4.79 Å². The number of carbonyl (C=O) groups is 1. The number of carbonyl (C=O) groups excluding carboxylic acids is 1. The summed E-state index contributed by atoms with van der Waals surface area (Å²) in [4.78, 5) is 17.8. The third-order valence-electron chi connectivity index (χ3n) is 3.18. The van der Waals surface area contributed by atoms with Crippen molar-refractivity contribution in [3.63, 3.8) is 0 Å². The number of pyridine rings is 1. The summed E-state index contributed by atoms with van der Waals surface area (Å²) in [5, 5.41) is 4.23. The lowest BCUT2D eigenvalue weighted by molar-refractivity contribution is -0.116. The van der Waals surface area contributed by atoms with Gasteiger partial charge in [0.05, 0.1) is 12.1 Å². The molecule has 0 aliphatic rings. The molecular weight excluding hydrogens is 252 g/mol. The molecule has 0 aliphatic heterocycles. The van der Waals surface area contributed by atoms with E-state index in [1.54, 1.807) is 0 Å². The van der Waals surface area contributed by atoms with Crippen LogP contribution in [-0.4, -0.2) is 31.0 Å². The third kappa shape index (κ3) is 3.05. The molecule has 5 heteroatoms. The number of nitrogens with one attached hydrogen (secondary N) is 1. The standard InChI is InChI=1S/C15H20N4O/c1-3-19(10-14(16)20)15-12(9-17-2)8-11-6-4-5-7-13(11)18-15/h4-8,17H,3,9-10H2,1-2H3,(H2,16,20). The van der Waals surface area contributed by atoms with Crippen LogP contribution in [0.25, 0.3) is 10.9 Å². The summed E-state index contributed by atoms with van der Waals surface area (Å²) in [6, 6.07) is 10.1. The van der Waals surface area contributed by atoms with Crippen LogP contribution >= 0.6 is 0 Å². The van der Waals surface area contributed by atoms with E-state index < -0.39 is 0 Å². The molecule has 0 saturated heterocycles. The molecule has 1 aromatic carbocycles.